The van der Waals surface area contributed by atoms with Crippen molar-refractivity contribution in [3.63, 3.8) is 0 Å². The maximum Gasteiger partial charge on any atom is 0.257 e. The molecule has 4 heteroatoms. The molecule has 1 aliphatic carbocycles. The van der Waals surface area contributed by atoms with Crippen molar-refractivity contribution in [2.45, 2.75) is 46.1 Å². The van der Waals surface area contributed by atoms with Crippen molar-refractivity contribution < 1.29 is 4.79 Å². The number of carbonyl (C=O) groups excluding carboxylic acids is 1. The van der Waals surface area contributed by atoms with Gasteiger partial charge in [-0.05, 0) is 54.4 Å². The van der Waals surface area contributed by atoms with Gasteiger partial charge in [-0.25, -0.2) is 0 Å². The van der Waals surface area contributed by atoms with Gasteiger partial charge in [0.25, 0.3) is 5.91 Å². The number of rotatable bonds is 1. The molecule has 22 heavy (non-hydrogen) atoms. The molecule has 0 aromatic heterocycles. The molecule has 1 saturated heterocycles. The number of hydrogen-bond donors (Lipinski definition) is 1. The Bertz CT molecular complexity index is 598. The fraction of sp³-hybridized carbons (Fsp3) is 0.556. The van der Waals surface area contributed by atoms with Crippen molar-refractivity contribution in [3.05, 3.63) is 35.9 Å². The third-order valence-electron chi connectivity index (χ3n) is 4.93. The molecule has 1 heterocycles. The van der Waals surface area contributed by atoms with Gasteiger partial charge in [-0.2, -0.15) is 0 Å². The van der Waals surface area contributed by atoms with Crippen LogP contribution in [0.5, 0.6) is 0 Å². The number of amides is 1. The van der Waals surface area contributed by atoms with Crippen LogP contribution in [-0.4, -0.2) is 28.5 Å². The standard InChI is InChI=1S/C18H24N2OS/c1-17(2)9-14-10-18(3,11-17)12-20(14)16(22)19-15(21)13-7-5-4-6-8-13/h4-8,14H,9-12H2,1-3H3,(H,19,21,22)/t14-,18-/m1/s1. The third kappa shape index (κ3) is 3.02. The quantitative estimate of drug-likeness (QED) is 0.804. The average Bonchev–Trinajstić information content (AvgIpc) is 2.69. The molecular formula is C18H24N2OS. The molecule has 0 radical (unpaired) electrons. The highest BCUT2D eigenvalue weighted by atomic mass is 32.1. The van der Waals surface area contributed by atoms with Crippen LogP contribution in [0.1, 0.15) is 50.4 Å². The fourth-order valence-electron chi connectivity index (χ4n) is 4.53. The van der Waals surface area contributed by atoms with E-state index < -0.39 is 0 Å². The lowest BCUT2D eigenvalue weighted by Crippen LogP contribution is -2.45. The van der Waals surface area contributed by atoms with E-state index >= 15 is 0 Å². The van der Waals surface area contributed by atoms with Crippen molar-refractivity contribution >= 4 is 23.2 Å². The predicted molar refractivity (Wildman–Crippen MR) is 92.7 cm³/mol. The van der Waals surface area contributed by atoms with E-state index in [0.717, 1.165) is 13.0 Å². The number of nitrogens with one attached hydrogen (secondary N) is 1. The van der Waals surface area contributed by atoms with E-state index in [2.05, 4.69) is 31.0 Å². The summed E-state index contributed by atoms with van der Waals surface area (Å²) in [7, 11) is 0. The lowest BCUT2D eigenvalue weighted by atomic mass is 9.65. The van der Waals surface area contributed by atoms with Crippen LogP contribution in [0.4, 0.5) is 0 Å². The first-order chi connectivity index (χ1) is 10.3. The molecule has 1 amide bonds. The summed E-state index contributed by atoms with van der Waals surface area (Å²) in [6.45, 7) is 7.98. The minimum Gasteiger partial charge on any atom is -0.345 e. The molecule has 2 atom stereocenters. The van der Waals surface area contributed by atoms with Crippen LogP contribution < -0.4 is 5.32 Å². The van der Waals surface area contributed by atoms with Gasteiger partial charge in [0, 0.05) is 18.2 Å². The Labute approximate surface area is 138 Å². The summed E-state index contributed by atoms with van der Waals surface area (Å²) in [5, 5.41) is 3.50. The van der Waals surface area contributed by atoms with Gasteiger partial charge >= 0.3 is 0 Å². The van der Waals surface area contributed by atoms with Crippen LogP contribution in [0.25, 0.3) is 0 Å². The summed E-state index contributed by atoms with van der Waals surface area (Å²) in [6, 6.07) is 9.71. The highest BCUT2D eigenvalue weighted by Crippen LogP contribution is 2.52. The van der Waals surface area contributed by atoms with Crippen LogP contribution in [0.3, 0.4) is 0 Å². The predicted octanol–water partition coefficient (Wildman–Crippen LogP) is 3.60. The van der Waals surface area contributed by atoms with Crippen molar-refractivity contribution in [1.29, 1.82) is 0 Å². The van der Waals surface area contributed by atoms with Crippen LogP contribution >= 0.6 is 12.2 Å². The summed E-state index contributed by atoms with van der Waals surface area (Å²) in [5.41, 5.74) is 1.32. The SMILES string of the molecule is CC1(C)C[C@@H]2C[C@@](C)(CN2C(=S)NC(=O)c2ccccc2)C1. The van der Waals surface area contributed by atoms with Crippen molar-refractivity contribution in [3.8, 4) is 0 Å². The molecule has 3 nitrogen and oxygen atoms in total. The molecule has 1 aliphatic heterocycles. The van der Waals surface area contributed by atoms with Gasteiger partial charge in [-0.15, -0.1) is 0 Å². The maximum absolute atomic E-state index is 12.3. The molecule has 0 spiro atoms. The second kappa shape index (κ2) is 5.34. The molecule has 1 aromatic carbocycles. The number of benzene rings is 1. The monoisotopic (exact) mass is 316 g/mol. The highest BCUT2D eigenvalue weighted by Gasteiger charge is 2.50. The normalized spacial score (nSPS) is 29.2. The van der Waals surface area contributed by atoms with E-state index in [1.807, 2.05) is 30.3 Å². The summed E-state index contributed by atoms with van der Waals surface area (Å²) in [4.78, 5) is 14.5. The van der Waals surface area contributed by atoms with E-state index in [4.69, 9.17) is 12.2 Å². The minimum atomic E-state index is -0.114. The van der Waals surface area contributed by atoms with Crippen LogP contribution in [0, 0.1) is 10.8 Å². The summed E-state index contributed by atoms with van der Waals surface area (Å²) < 4.78 is 0. The zero-order valence-corrected chi connectivity index (χ0v) is 14.4. The molecule has 2 fully saturated rings. The van der Waals surface area contributed by atoms with Gasteiger partial charge in [-0.3, -0.25) is 10.1 Å². The first-order valence-corrected chi connectivity index (χ1v) is 8.36. The van der Waals surface area contributed by atoms with Crippen molar-refractivity contribution in [2.75, 3.05) is 6.54 Å². The van der Waals surface area contributed by atoms with Gasteiger partial charge in [0.2, 0.25) is 0 Å². The van der Waals surface area contributed by atoms with Gasteiger partial charge in [-0.1, -0.05) is 39.0 Å². The van der Waals surface area contributed by atoms with Crippen molar-refractivity contribution in [2.24, 2.45) is 10.8 Å². The largest absolute Gasteiger partial charge is 0.345 e. The Morgan fingerprint density at radius 2 is 1.91 bits per heavy atom. The Morgan fingerprint density at radius 3 is 2.59 bits per heavy atom. The van der Waals surface area contributed by atoms with E-state index in [1.165, 1.54) is 12.8 Å². The van der Waals surface area contributed by atoms with E-state index in [-0.39, 0.29) is 5.91 Å². The Kier molecular flexibility index (Phi) is 3.76. The lowest BCUT2D eigenvalue weighted by molar-refractivity contribution is 0.0972. The molecule has 0 unspecified atom stereocenters. The van der Waals surface area contributed by atoms with Crippen LogP contribution in [-0.2, 0) is 0 Å². The number of thiocarbonyl (C=S) groups is 1. The molecule has 1 saturated carbocycles. The highest BCUT2D eigenvalue weighted by molar-refractivity contribution is 7.80. The second-order valence-corrected chi connectivity index (χ2v) is 8.35. The van der Waals surface area contributed by atoms with Crippen LogP contribution in [0.15, 0.2) is 30.3 Å². The molecular weight excluding hydrogens is 292 g/mol. The lowest BCUT2D eigenvalue weighted by Gasteiger charge is -2.39. The average molecular weight is 316 g/mol. The third-order valence-corrected chi connectivity index (χ3v) is 5.27. The minimum absolute atomic E-state index is 0.114. The summed E-state index contributed by atoms with van der Waals surface area (Å²) >= 11 is 5.53. The number of carbonyl (C=O) groups is 1. The topological polar surface area (TPSA) is 32.3 Å². The van der Waals surface area contributed by atoms with Gasteiger partial charge in [0.15, 0.2) is 5.11 Å². The molecule has 2 aliphatic rings. The summed E-state index contributed by atoms with van der Waals surface area (Å²) in [5.74, 6) is -0.114. The van der Waals surface area contributed by atoms with Crippen LogP contribution in [0.2, 0.25) is 0 Å². The zero-order valence-electron chi connectivity index (χ0n) is 13.6. The van der Waals surface area contributed by atoms with Gasteiger partial charge < -0.3 is 4.90 Å². The molecule has 118 valence electrons. The number of hydrogen-bond acceptors (Lipinski definition) is 2. The number of likely N-dealkylation sites (tertiary alicyclic amines) is 1. The number of nitrogens with zero attached hydrogens (tertiary/aromatic N) is 1. The second-order valence-electron chi connectivity index (χ2n) is 7.97. The van der Waals surface area contributed by atoms with Gasteiger partial charge in [0.1, 0.15) is 0 Å². The molecule has 2 bridgehead atoms. The molecule has 1 N–H and O–H groups in total. The Balaban J connectivity index is 1.70. The van der Waals surface area contributed by atoms with Gasteiger partial charge in [0.05, 0.1) is 0 Å². The number of fused-ring (bicyclic) bond motifs is 2. The smallest absolute Gasteiger partial charge is 0.257 e. The first-order valence-electron chi connectivity index (χ1n) is 7.95. The molecule has 1 aromatic rings. The molecule has 3 rings (SSSR count). The Hall–Kier alpha value is -1.42. The van der Waals surface area contributed by atoms with E-state index in [0.29, 0.717) is 27.5 Å². The fourth-order valence-corrected chi connectivity index (χ4v) is 4.83. The first kappa shape index (κ1) is 15.5. The summed E-state index contributed by atoms with van der Waals surface area (Å²) in [6.07, 6.45) is 3.55. The van der Waals surface area contributed by atoms with E-state index in [9.17, 15) is 4.79 Å². The maximum atomic E-state index is 12.3. The van der Waals surface area contributed by atoms with E-state index in [1.54, 1.807) is 0 Å². The zero-order chi connectivity index (χ0) is 16.0. The Morgan fingerprint density at radius 1 is 1.23 bits per heavy atom. The van der Waals surface area contributed by atoms with Crippen molar-refractivity contribution in [1.82, 2.24) is 10.2 Å².